The number of hydrogen-bond acceptors (Lipinski definition) is 7. The van der Waals surface area contributed by atoms with Crippen LogP contribution in [0.4, 0.5) is 0 Å². The number of ether oxygens (including phenoxy) is 2. The van der Waals surface area contributed by atoms with Crippen LogP contribution in [0.15, 0.2) is 0 Å². The van der Waals surface area contributed by atoms with Crippen LogP contribution in [0, 0.1) is 0 Å². The average molecular weight is 266 g/mol. The molecule has 17 heavy (non-hydrogen) atoms. The second kappa shape index (κ2) is 5.46. The second-order valence-electron chi connectivity index (χ2n) is 3.59. The summed E-state index contributed by atoms with van der Waals surface area (Å²) >= 11 is 0. The minimum atomic E-state index is -3.72. The average Bonchev–Trinajstić information content (AvgIpc) is 2.44. The van der Waals surface area contributed by atoms with Gasteiger partial charge in [-0.1, -0.05) is 0 Å². The van der Waals surface area contributed by atoms with Gasteiger partial charge in [0.1, 0.15) is 6.10 Å². The van der Waals surface area contributed by atoms with Gasteiger partial charge in [-0.15, -0.1) is 0 Å². The van der Waals surface area contributed by atoms with E-state index < -0.39 is 34.3 Å². The maximum Gasteiger partial charge on any atom is 0.337 e. The fourth-order valence-electron chi connectivity index (χ4n) is 1.44. The third-order valence-corrected chi connectivity index (χ3v) is 2.60. The molecule has 0 N–H and O–H groups in total. The Morgan fingerprint density at radius 2 is 2.18 bits per heavy atom. The summed E-state index contributed by atoms with van der Waals surface area (Å²) in [6.45, 7) is 1.90. The normalized spacial score (nSPS) is 24.5. The molecular weight excluding hydrogens is 252 g/mol. The molecule has 8 heteroatoms. The lowest BCUT2D eigenvalue weighted by Crippen LogP contribution is -2.22. The third kappa shape index (κ3) is 4.70. The molecule has 1 fully saturated rings. The first-order valence-corrected chi connectivity index (χ1v) is 6.88. The van der Waals surface area contributed by atoms with Crippen LogP contribution in [-0.2, 0) is 33.4 Å². The summed E-state index contributed by atoms with van der Waals surface area (Å²) in [6, 6.07) is 0. The van der Waals surface area contributed by atoms with Gasteiger partial charge in [-0.3, -0.25) is 8.98 Å². The first kappa shape index (κ1) is 13.9. The molecule has 0 bridgehead atoms. The van der Waals surface area contributed by atoms with Crippen LogP contribution in [0.1, 0.15) is 19.8 Å². The van der Waals surface area contributed by atoms with Crippen molar-refractivity contribution in [2.45, 2.75) is 32.0 Å². The van der Waals surface area contributed by atoms with Crippen molar-refractivity contribution >= 4 is 22.1 Å². The Labute approximate surface area is 99.2 Å². The van der Waals surface area contributed by atoms with Crippen LogP contribution in [0.5, 0.6) is 0 Å². The molecule has 0 aromatic heterocycles. The number of esters is 2. The highest BCUT2D eigenvalue weighted by molar-refractivity contribution is 7.86. The Morgan fingerprint density at radius 3 is 2.71 bits per heavy atom. The lowest BCUT2D eigenvalue weighted by atomic mass is 10.1. The number of hydrogen-bond donors (Lipinski definition) is 0. The highest BCUT2D eigenvalue weighted by Gasteiger charge is 2.38. The Balaban J connectivity index is 2.49. The zero-order chi connectivity index (χ0) is 13.1. The van der Waals surface area contributed by atoms with Crippen LogP contribution < -0.4 is 0 Å². The SMILES string of the molecule is CCOC(=O)C[C@H]1C[C@@H](OS(C)(=O)=O)C(=O)O1. The summed E-state index contributed by atoms with van der Waals surface area (Å²) in [5.74, 6) is -1.27. The molecule has 0 radical (unpaired) electrons. The first-order valence-electron chi connectivity index (χ1n) is 5.06. The fourth-order valence-corrected chi connectivity index (χ4v) is 2.02. The van der Waals surface area contributed by atoms with Crippen molar-refractivity contribution in [3.05, 3.63) is 0 Å². The molecular formula is C9H14O7S. The molecule has 0 aliphatic carbocycles. The van der Waals surface area contributed by atoms with Crippen molar-refractivity contribution in [2.75, 3.05) is 12.9 Å². The lowest BCUT2D eigenvalue weighted by molar-refractivity contribution is -0.151. The van der Waals surface area contributed by atoms with Gasteiger partial charge in [-0.2, -0.15) is 8.42 Å². The van der Waals surface area contributed by atoms with Crippen molar-refractivity contribution in [3.8, 4) is 0 Å². The third-order valence-electron chi connectivity index (χ3n) is 2.01. The highest BCUT2D eigenvalue weighted by atomic mass is 32.2. The molecule has 1 heterocycles. The molecule has 0 spiro atoms. The van der Waals surface area contributed by atoms with Crippen molar-refractivity contribution in [1.82, 2.24) is 0 Å². The predicted molar refractivity (Wildman–Crippen MR) is 55.5 cm³/mol. The van der Waals surface area contributed by atoms with Crippen LogP contribution >= 0.6 is 0 Å². The standard InChI is InChI=1S/C9H14O7S/c1-3-14-8(10)5-6-4-7(9(11)15-6)16-17(2,12)13/h6-7H,3-5H2,1-2H3/t6-,7-/m1/s1. The molecule has 0 amide bonds. The largest absolute Gasteiger partial charge is 0.466 e. The molecule has 98 valence electrons. The minimum Gasteiger partial charge on any atom is -0.466 e. The summed E-state index contributed by atoms with van der Waals surface area (Å²) in [6.07, 6.45) is -1.06. The lowest BCUT2D eigenvalue weighted by Gasteiger charge is -2.07. The molecule has 0 unspecified atom stereocenters. The zero-order valence-corrected chi connectivity index (χ0v) is 10.4. The van der Waals surface area contributed by atoms with E-state index in [0.29, 0.717) is 0 Å². The van der Waals surface area contributed by atoms with Gasteiger partial charge in [-0.25, -0.2) is 4.79 Å². The van der Waals surface area contributed by atoms with E-state index in [0.717, 1.165) is 6.26 Å². The Morgan fingerprint density at radius 1 is 1.53 bits per heavy atom. The zero-order valence-electron chi connectivity index (χ0n) is 9.54. The Kier molecular flexibility index (Phi) is 4.47. The van der Waals surface area contributed by atoms with Gasteiger partial charge in [0.05, 0.1) is 19.3 Å². The van der Waals surface area contributed by atoms with Gasteiger partial charge in [0.2, 0.25) is 0 Å². The summed E-state index contributed by atoms with van der Waals surface area (Å²) in [5, 5.41) is 0. The van der Waals surface area contributed by atoms with Crippen LogP contribution in [0.3, 0.4) is 0 Å². The molecule has 1 aliphatic heterocycles. The second-order valence-corrected chi connectivity index (χ2v) is 5.19. The molecule has 0 saturated carbocycles. The monoisotopic (exact) mass is 266 g/mol. The van der Waals surface area contributed by atoms with Crippen molar-refractivity contribution in [1.29, 1.82) is 0 Å². The smallest absolute Gasteiger partial charge is 0.337 e. The van der Waals surface area contributed by atoms with Crippen molar-refractivity contribution in [3.63, 3.8) is 0 Å². The van der Waals surface area contributed by atoms with Crippen molar-refractivity contribution < 1.29 is 31.7 Å². The van der Waals surface area contributed by atoms with Gasteiger partial charge in [0, 0.05) is 6.42 Å². The van der Waals surface area contributed by atoms with E-state index in [1.54, 1.807) is 6.92 Å². The number of rotatable bonds is 5. The Hall–Kier alpha value is -1.15. The van der Waals surface area contributed by atoms with Crippen molar-refractivity contribution in [2.24, 2.45) is 0 Å². The van der Waals surface area contributed by atoms with Gasteiger partial charge < -0.3 is 9.47 Å². The van der Waals surface area contributed by atoms with Crippen LogP contribution in [0.2, 0.25) is 0 Å². The minimum absolute atomic E-state index is 0.0325. The number of carbonyl (C=O) groups excluding carboxylic acids is 2. The predicted octanol–water partition coefficient (Wildman–Crippen LogP) is -0.400. The maximum absolute atomic E-state index is 11.2. The summed E-state index contributed by atoms with van der Waals surface area (Å²) in [4.78, 5) is 22.4. The van der Waals surface area contributed by atoms with Gasteiger partial charge in [0.25, 0.3) is 10.1 Å². The topological polar surface area (TPSA) is 96.0 Å². The summed E-state index contributed by atoms with van der Waals surface area (Å²) in [7, 11) is -3.72. The van der Waals surface area contributed by atoms with E-state index in [1.165, 1.54) is 0 Å². The van der Waals surface area contributed by atoms with E-state index in [4.69, 9.17) is 4.74 Å². The Bertz CT molecular complexity index is 400. The van der Waals surface area contributed by atoms with E-state index in [1.807, 2.05) is 0 Å². The fraction of sp³-hybridized carbons (Fsp3) is 0.778. The number of cyclic esters (lactones) is 1. The van der Waals surface area contributed by atoms with E-state index in [2.05, 4.69) is 8.92 Å². The van der Waals surface area contributed by atoms with Crippen LogP contribution in [0.25, 0.3) is 0 Å². The molecule has 2 atom stereocenters. The molecule has 7 nitrogen and oxygen atoms in total. The summed E-state index contributed by atoms with van der Waals surface area (Å²) < 4.78 is 35.7. The number of carbonyl (C=O) groups is 2. The first-order chi connectivity index (χ1) is 7.81. The molecule has 0 aromatic carbocycles. The molecule has 0 aromatic rings. The van der Waals surface area contributed by atoms with Gasteiger partial charge >= 0.3 is 11.9 Å². The quantitative estimate of drug-likeness (QED) is 0.493. The van der Waals surface area contributed by atoms with E-state index >= 15 is 0 Å². The van der Waals surface area contributed by atoms with E-state index in [-0.39, 0.29) is 19.4 Å². The highest BCUT2D eigenvalue weighted by Crippen LogP contribution is 2.22. The molecule has 1 saturated heterocycles. The summed E-state index contributed by atoms with van der Waals surface area (Å²) in [5.41, 5.74) is 0. The maximum atomic E-state index is 11.2. The van der Waals surface area contributed by atoms with Crippen LogP contribution in [-0.4, -0.2) is 45.4 Å². The van der Waals surface area contributed by atoms with E-state index in [9.17, 15) is 18.0 Å². The van der Waals surface area contributed by atoms with Gasteiger partial charge in [-0.05, 0) is 6.92 Å². The molecule has 1 aliphatic rings. The molecule has 1 rings (SSSR count). The van der Waals surface area contributed by atoms with Gasteiger partial charge in [0.15, 0.2) is 6.10 Å².